The molecule has 0 spiro atoms. The Hall–Kier alpha value is -3.44. The van der Waals surface area contributed by atoms with Crippen molar-refractivity contribution in [2.24, 2.45) is 0 Å². The van der Waals surface area contributed by atoms with Crippen LogP contribution in [0.2, 0.25) is 0 Å². The maximum absolute atomic E-state index is 14.1. The average Bonchev–Trinajstić information content (AvgIpc) is 3.13. The van der Waals surface area contributed by atoms with E-state index in [9.17, 15) is 17.6 Å². The van der Waals surface area contributed by atoms with E-state index in [4.69, 9.17) is 0 Å². The van der Waals surface area contributed by atoms with Crippen molar-refractivity contribution in [3.63, 3.8) is 0 Å². The van der Waals surface area contributed by atoms with E-state index in [2.05, 4.69) is 32.1 Å². The molecule has 0 saturated heterocycles. The van der Waals surface area contributed by atoms with E-state index in [0.717, 1.165) is 0 Å². The molecule has 0 bridgehead atoms. The molecule has 3 aromatic rings. The molecule has 1 amide bonds. The number of carbonyl (C=O) groups is 1. The Morgan fingerprint density at radius 1 is 1.28 bits per heavy atom. The number of rotatable bonds is 7. The lowest BCUT2D eigenvalue weighted by molar-refractivity contribution is 0.102. The Morgan fingerprint density at radius 3 is 2.76 bits per heavy atom. The molecule has 11 heteroatoms. The summed E-state index contributed by atoms with van der Waals surface area (Å²) < 4.78 is 42.1. The summed E-state index contributed by atoms with van der Waals surface area (Å²) in [6.45, 7) is 5.13. The normalized spacial score (nSPS) is 11.2. The van der Waals surface area contributed by atoms with Gasteiger partial charge in [0.2, 0.25) is 10.0 Å². The number of amides is 1. The summed E-state index contributed by atoms with van der Waals surface area (Å²) in [4.78, 5) is 12.5. The van der Waals surface area contributed by atoms with Gasteiger partial charge in [-0.2, -0.15) is 4.68 Å². The van der Waals surface area contributed by atoms with Crippen LogP contribution >= 0.6 is 0 Å². The van der Waals surface area contributed by atoms with Gasteiger partial charge in [0.05, 0.1) is 4.90 Å². The third-order valence-corrected chi connectivity index (χ3v) is 5.30. The molecular formula is C18H17FN6O3S. The highest BCUT2D eigenvalue weighted by Crippen LogP contribution is 2.20. The van der Waals surface area contributed by atoms with Crippen molar-refractivity contribution in [1.82, 2.24) is 24.9 Å². The number of hydrogen-bond acceptors (Lipinski definition) is 6. The van der Waals surface area contributed by atoms with Crippen molar-refractivity contribution in [1.29, 1.82) is 0 Å². The first-order chi connectivity index (χ1) is 13.8. The fourth-order valence-corrected chi connectivity index (χ4v) is 3.51. The minimum absolute atomic E-state index is 0.0592. The van der Waals surface area contributed by atoms with Crippen molar-refractivity contribution in [2.75, 3.05) is 11.9 Å². The molecule has 0 aliphatic heterocycles. The first-order valence-corrected chi connectivity index (χ1v) is 9.87. The molecule has 0 atom stereocenters. The SMILES string of the molecule is C=CCNS(=O)(=O)c1cccc(C(=O)Nc2ccc(F)c(-n3nnnc3C)c2)c1. The Balaban J connectivity index is 1.85. The molecule has 0 radical (unpaired) electrons. The molecule has 3 rings (SSSR count). The van der Waals surface area contributed by atoms with Crippen LogP contribution < -0.4 is 10.0 Å². The highest BCUT2D eigenvalue weighted by atomic mass is 32.2. The monoisotopic (exact) mass is 416 g/mol. The van der Waals surface area contributed by atoms with Crippen LogP contribution in [0.5, 0.6) is 0 Å². The summed E-state index contributed by atoms with van der Waals surface area (Å²) in [5.41, 5.74) is 0.477. The minimum Gasteiger partial charge on any atom is -0.322 e. The van der Waals surface area contributed by atoms with Gasteiger partial charge in [-0.3, -0.25) is 4.79 Å². The highest BCUT2D eigenvalue weighted by molar-refractivity contribution is 7.89. The van der Waals surface area contributed by atoms with E-state index in [1.54, 1.807) is 6.92 Å². The number of carbonyl (C=O) groups excluding carboxylic acids is 1. The van der Waals surface area contributed by atoms with E-state index >= 15 is 0 Å². The zero-order valence-electron chi connectivity index (χ0n) is 15.3. The van der Waals surface area contributed by atoms with Crippen molar-refractivity contribution in [3.05, 3.63) is 72.3 Å². The predicted octanol–water partition coefficient (Wildman–Crippen LogP) is 1.83. The van der Waals surface area contributed by atoms with Crippen LogP contribution in [0, 0.1) is 12.7 Å². The molecule has 1 heterocycles. The van der Waals surface area contributed by atoms with Gasteiger partial charge in [0.25, 0.3) is 5.91 Å². The van der Waals surface area contributed by atoms with E-state index in [1.807, 2.05) is 0 Å². The van der Waals surface area contributed by atoms with Crippen LogP contribution in [-0.4, -0.2) is 41.1 Å². The number of sulfonamides is 1. The number of aryl methyl sites for hydroxylation is 1. The Kier molecular flexibility index (Phi) is 5.80. The lowest BCUT2D eigenvalue weighted by atomic mass is 10.2. The van der Waals surface area contributed by atoms with Crippen LogP contribution in [0.25, 0.3) is 5.69 Å². The van der Waals surface area contributed by atoms with Crippen molar-refractivity contribution < 1.29 is 17.6 Å². The van der Waals surface area contributed by atoms with Crippen molar-refractivity contribution in [2.45, 2.75) is 11.8 Å². The molecule has 0 aliphatic carbocycles. The van der Waals surface area contributed by atoms with Crippen LogP contribution in [-0.2, 0) is 10.0 Å². The Labute approximate surface area is 166 Å². The Bertz CT molecular complexity index is 1180. The van der Waals surface area contributed by atoms with E-state index in [1.165, 1.54) is 53.2 Å². The topological polar surface area (TPSA) is 119 Å². The molecule has 0 fully saturated rings. The van der Waals surface area contributed by atoms with Crippen LogP contribution in [0.15, 0.2) is 60.0 Å². The number of halogens is 1. The Morgan fingerprint density at radius 2 is 2.07 bits per heavy atom. The van der Waals surface area contributed by atoms with Gasteiger partial charge in [0.15, 0.2) is 5.82 Å². The standard InChI is InChI=1S/C18H17FN6O3S/c1-3-9-20-29(27,28)15-6-4-5-13(10-15)18(26)21-14-7-8-16(19)17(11-14)25-12(2)22-23-24-25/h3-8,10-11,20H,1,9H2,2H3,(H,21,26). The third-order valence-electron chi connectivity index (χ3n) is 3.88. The zero-order valence-corrected chi connectivity index (χ0v) is 16.1. The molecule has 29 heavy (non-hydrogen) atoms. The maximum Gasteiger partial charge on any atom is 0.255 e. The van der Waals surface area contributed by atoms with Gasteiger partial charge in [0.1, 0.15) is 11.5 Å². The second-order valence-electron chi connectivity index (χ2n) is 5.93. The molecule has 1 aromatic heterocycles. The number of hydrogen-bond donors (Lipinski definition) is 2. The smallest absolute Gasteiger partial charge is 0.255 e. The fraction of sp³-hybridized carbons (Fsp3) is 0.111. The number of tetrazole rings is 1. The van der Waals surface area contributed by atoms with Gasteiger partial charge >= 0.3 is 0 Å². The summed E-state index contributed by atoms with van der Waals surface area (Å²) in [6.07, 6.45) is 1.41. The molecule has 0 aliphatic rings. The second-order valence-corrected chi connectivity index (χ2v) is 7.69. The molecular weight excluding hydrogens is 399 g/mol. The van der Waals surface area contributed by atoms with Crippen LogP contribution in [0.4, 0.5) is 10.1 Å². The average molecular weight is 416 g/mol. The number of nitrogens with one attached hydrogen (secondary N) is 2. The summed E-state index contributed by atoms with van der Waals surface area (Å²) in [6, 6.07) is 9.47. The number of anilines is 1. The molecule has 9 nitrogen and oxygen atoms in total. The van der Waals surface area contributed by atoms with Gasteiger partial charge in [-0.15, -0.1) is 11.7 Å². The van der Waals surface area contributed by atoms with Crippen LogP contribution in [0.3, 0.4) is 0 Å². The van der Waals surface area contributed by atoms with E-state index < -0.39 is 21.7 Å². The largest absolute Gasteiger partial charge is 0.322 e. The zero-order chi connectivity index (χ0) is 21.0. The third kappa shape index (κ3) is 4.52. The minimum atomic E-state index is -3.77. The first kappa shape index (κ1) is 20.3. The lowest BCUT2D eigenvalue weighted by Gasteiger charge is -2.10. The second kappa shape index (κ2) is 8.29. The summed E-state index contributed by atoms with van der Waals surface area (Å²) in [5, 5.41) is 13.5. The lowest BCUT2D eigenvalue weighted by Crippen LogP contribution is -2.24. The number of aromatic nitrogens is 4. The predicted molar refractivity (Wildman–Crippen MR) is 104 cm³/mol. The van der Waals surface area contributed by atoms with E-state index in [0.29, 0.717) is 11.5 Å². The van der Waals surface area contributed by atoms with Crippen molar-refractivity contribution >= 4 is 21.6 Å². The van der Waals surface area contributed by atoms with Gasteiger partial charge < -0.3 is 5.32 Å². The number of benzene rings is 2. The van der Waals surface area contributed by atoms with Crippen LogP contribution in [0.1, 0.15) is 16.2 Å². The summed E-state index contributed by atoms with van der Waals surface area (Å²) in [7, 11) is -3.77. The van der Waals surface area contributed by atoms with Crippen molar-refractivity contribution in [3.8, 4) is 5.69 Å². The van der Waals surface area contributed by atoms with Gasteiger partial charge in [0, 0.05) is 17.8 Å². The van der Waals surface area contributed by atoms with Gasteiger partial charge in [-0.05, 0) is 53.7 Å². The quantitative estimate of drug-likeness (QED) is 0.567. The molecule has 0 unspecified atom stereocenters. The first-order valence-electron chi connectivity index (χ1n) is 8.38. The number of nitrogens with zero attached hydrogens (tertiary/aromatic N) is 4. The summed E-state index contributed by atoms with van der Waals surface area (Å²) in [5.74, 6) is -0.756. The molecule has 2 N–H and O–H groups in total. The maximum atomic E-state index is 14.1. The van der Waals surface area contributed by atoms with Gasteiger partial charge in [-0.1, -0.05) is 12.1 Å². The van der Waals surface area contributed by atoms with Gasteiger partial charge in [-0.25, -0.2) is 17.5 Å². The highest BCUT2D eigenvalue weighted by Gasteiger charge is 2.16. The summed E-state index contributed by atoms with van der Waals surface area (Å²) >= 11 is 0. The molecule has 150 valence electrons. The molecule has 2 aromatic carbocycles. The fourth-order valence-electron chi connectivity index (χ4n) is 2.47. The van der Waals surface area contributed by atoms with E-state index in [-0.39, 0.29) is 22.7 Å². The molecule has 0 saturated carbocycles.